The van der Waals surface area contributed by atoms with Crippen molar-refractivity contribution in [3.8, 4) is 0 Å². The first kappa shape index (κ1) is 18.1. The maximum Gasteiger partial charge on any atom is 0.0166 e. The fourth-order valence-electron chi connectivity index (χ4n) is 1.82. The van der Waals surface area contributed by atoms with Crippen LogP contribution in [0.25, 0.3) is 0 Å². The van der Waals surface area contributed by atoms with Crippen LogP contribution in [0.1, 0.15) is 46.0 Å². The normalized spacial score (nSPS) is 11.9. The van der Waals surface area contributed by atoms with Gasteiger partial charge in [0.25, 0.3) is 0 Å². The van der Waals surface area contributed by atoms with Crippen molar-refractivity contribution >= 4 is 12.4 Å². The Morgan fingerprint density at radius 2 is 1.62 bits per heavy atom. The van der Waals surface area contributed by atoms with Crippen LogP contribution in [0.15, 0.2) is 25.3 Å². The van der Waals surface area contributed by atoms with Crippen molar-refractivity contribution in [1.82, 2.24) is 4.90 Å². The van der Waals surface area contributed by atoms with E-state index in [0.717, 1.165) is 13.1 Å². The summed E-state index contributed by atoms with van der Waals surface area (Å²) in [5.74, 6) is 0. The van der Waals surface area contributed by atoms with E-state index < -0.39 is 0 Å². The third-order valence-electron chi connectivity index (χ3n) is 2.83. The van der Waals surface area contributed by atoms with Crippen LogP contribution in [0.5, 0.6) is 0 Å². The lowest BCUT2D eigenvalue weighted by Crippen LogP contribution is -2.33. The van der Waals surface area contributed by atoms with Crippen LogP contribution < -0.4 is 0 Å². The third kappa shape index (κ3) is 8.99. The van der Waals surface area contributed by atoms with Gasteiger partial charge in [0.05, 0.1) is 0 Å². The summed E-state index contributed by atoms with van der Waals surface area (Å²) in [6, 6.07) is 0.651. The highest BCUT2D eigenvalue weighted by molar-refractivity contribution is 5.85. The van der Waals surface area contributed by atoms with Crippen LogP contribution >= 0.6 is 12.4 Å². The second kappa shape index (κ2) is 12.8. The molecule has 0 heterocycles. The summed E-state index contributed by atoms with van der Waals surface area (Å²) in [4.78, 5) is 2.42. The smallest absolute Gasteiger partial charge is 0.0166 e. The Bertz CT molecular complexity index is 158. The van der Waals surface area contributed by atoms with E-state index in [1.54, 1.807) is 0 Å². The molecule has 0 radical (unpaired) electrons. The Morgan fingerprint density at radius 3 is 2.06 bits per heavy atom. The molecular formula is C14H28ClN. The van der Waals surface area contributed by atoms with Gasteiger partial charge in [-0.15, -0.1) is 25.6 Å². The van der Waals surface area contributed by atoms with E-state index in [4.69, 9.17) is 0 Å². The van der Waals surface area contributed by atoms with E-state index in [-0.39, 0.29) is 12.4 Å². The standard InChI is InChI=1S/C14H27N.ClH/c1-5-8-9-10-11-14(4)15(12-6-2)13-7-3;/h6-7,14H,2-3,5,8-13H2,1,4H3;1H. The van der Waals surface area contributed by atoms with Crippen LogP contribution in [-0.2, 0) is 0 Å². The number of hydrogen-bond donors (Lipinski definition) is 0. The molecule has 0 saturated heterocycles. The molecule has 0 fully saturated rings. The lowest BCUT2D eigenvalue weighted by atomic mass is 10.1. The maximum absolute atomic E-state index is 3.80. The fraction of sp³-hybridized carbons (Fsp3) is 0.714. The number of nitrogens with zero attached hydrogens (tertiary/aromatic N) is 1. The van der Waals surface area contributed by atoms with Crippen molar-refractivity contribution in [2.24, 2.45) is 0 Å². The topological polar surface area (TPSA) is 3.24 Å². The lowest BCUT2D eigenvalue weighted by molar-refractivity contribution is 0.239. The first-order valence-corrected chi connectivity index (χ1v) is 6.22. The Morgan fingerprint density at radius 1 is 1.06 bits per heavy atom. The predicted molar refractivity (Wildman–Crippen MR) is 77.4 cm³/mol. The summed E-state index contributed by atoms with van der Waals surface area (Å²) in [6.45, 7) is 14.1. The summed E-state index contributed by atoms with van der Waals surface area (Å²) in [6.07, 6.45) is 10.7. The lowest BCUT2D eigenvalue weighted by Gasteiger charge is -2.26. The molecule has 1 atom stereocenters. The predicted octanol–water partition coefficient (Wildman–Crippen LogP) is 4.44. The van der Waals surface area contributed by atoms with Gasteiger partial charge in [-0.05, 0) is 13.3 Å². The monoisotopic (exact) mass is 245 g/mol. The van der Waals surface area contributed by atoms with E-state index in [1.165, 1.54) is 32.1 Å². The molecule has 0 aliphatic carbocycles. The first-order valence-electron chi connectivity index (χ1n) is 6.22. The van der Waals surface area contributed by atoms with Gasteiger partial charge >= 0.3 is 0 Å². The van der Waals surface area contributed by atoms with Gasteiger partial charge in [-0.25, -0.2) is 0 Å². The minimum atomic E-state index is 0. The molecule has 0 aromatic rings. The van der Waals surface area contributed by atoms with Gasteiger partial charge in [0.1, 0.15) is 0 Å². The molecule has 0 aromatic carbocycles. The Labute approximate surface area is 108 Å². The van der Waals surface area contributed by atoms with E-state index in [9.17, 15) is 0 Å². The van der Waals surface area contributed by atoms with Crippen molar-refractivity contribution in [3.05, 3.63) is 25.3 Å². The third-order valence-corrected chi connectivity index (χ3v) is 2.83. The Hall–Kier alpha value is -0.270. The molecule has 2 heteroatoms. The molecule has 0 aromatic heterocycles. The minimum absolute atomic E-state index is 0. The minimum Gasteiger partial charge on any atom is -0.293 e. The fourth-order valence-corrected chi connectivity index (χ4v) is 1.82. The van der Waals surface area contributed by atoms with Gasteiger partial charge in [0, 0.05) is 19.1 Å². The van der Waals surface area contributed by atoms with Crippen LogP contribution in [0.3, 0.4) is 0 Å². The second-order valence-electron chi connectivity index (χ2n) is 4.23. The molecule has 1 unspecified atom stereocenters. The van der Waals surface area contributed by atoms with Crippen LogP contribution in [0, 0.1) is 0 Å². The molecular weight excluding hydrogens is 218 g/mol. The largest absolute Gasteiger partial charge is 0.293 e. The van der Waals surface area contributed by atoms with E-state index in [1.807, 2.05) is 12.2 Å². The van der Waals surface area contributed by atoms with Crippen molar-refractivity contribution in [3.63, 3.8) is 0 Å². The van der Waals surface area contributed by atoms with Gasteiger partial charge in [-0.1, -0.05) is 44.8 Å². The summed E-state index contributed by atoms with van der Waals surface area (Å²) < 4.78 is 0. The Balaban J connectivity index is 0. The van der Waals surface area contributed by atoms with E-state index in [0.29, 0.717) is 6.04 Å². The van der Waals surface area contributed by atoms with Gasteiger partial charge in [-0.3, -0.25) is 4.90 Å². The van der Waals surface area contributed by atoms with Crippen molar-refractivity contribution in [1.29, 1.82) is 0 Å². The molecule has 96 valence electrons. The quantitative estimate of drug-likeness (QED) is 0.406. The molecule has 0 bridgehead atoms. The molecule has 0 saturated carbocycles. The van der Waals surface area contributed by atoms with Crippen LogP contribution in [0.2, 0.25) is 0 Å². The average Bonchev–Trinajstić information content (AvgIpc) is 2.24. The van der Waals surface area contributed by atoms with Gasteiger partial charge in [-0.2, -0.15) is 0 Å². The summed E-state index contributed by atoms with van der Waals surface area (Å²) >= 11 is 0. The molecule has 0 N–H and O–H groups in total. The van der Waals surface area contributed by atoms with Gasteiger partial charge in [0.15, 0.2) is 0 Å². The molecule has 0 rings (SSSR count). The number of hydrogen-bond acceptors (Lipinski definition) is 1. The first-order chi connectivity index (χ1) is 7.26. The van der Waals surface area contributed by atoms with Crippen LogP contribution in [0.4, 0.5) is 0 Å². The highest BCUT2D eigenvalue weighted by atomic mass is 35.5. The van der Waals surface area contributed by atoms with Gasteiger partial charge < -0.3 is 0 Å². The average molecular weight is 246 g/mol. The van der Waals surface area contributed by atoms with Crippen LogP contribution in [-0.4, -0.2) is 24.0 Å². The summed E-state index contributed by atoms with van der Waals surface area (Å²) in [7, 11) is 0. The molecule has 0 amide bonds. The van der Waals surface area contributed by atoms with Gasteiger partial charge in [0.2, 0.25) is 0 Å². The molecule has 0 aliphatic rings. The maximum atomic E-state index is 3.80. The molecule has 1 nitrogen and oxygen atoms in total. The second-order valence-corrected chi connectivity index (χ2v) is 4.23. The van der Waals surface area contributed by atoms with E-state index in [2.05, 4.69) is 31.9 Å². The SMILES string of the molecule is C=CCN(CC=C)C(C)CCCCCC.Cl. The summed E-state index contributed by atoms with van der Waals surface area (Å²) in [5, 5.41) is 0. The molecule has 0 spiro atoms. The number of halogens is 1. The van der Waals surface area contributed by atoms with Crippen molar-refractivity contribution in [2.75, 3.05) is 13.1 Å². The van der Waals surface area contributed by atoms with Crippen molar-refractivity contribution in [2.45, 2.75) is 52.0 Å². The molecule has 16 heavy (non-hydrogen) atoms. The Kier molecular flexibility index (Phi) is 14.5. The zero-order valence-corrected chi connectivity index (χ0v) is 11.8. The van der Waals surface area contributed by atoms with Crippen molar-refractivity contribution < 1.29 is 0 Å². The highest BCUT2D eigenvalue weighted by Crippen LogP contribution is 2.10. The highest BCUT2D eigenvalue weighted by Gasteiger charge is 2.09. The van der Waals surface area contributed by atoms with E-state index >= 15 is 0 Å². The zero-order valence-electron chi connectivity index (χ0n) is 11.0. The zero-order chi connectivity index (χ0) is 11.5. The number of unbranched alkanes of at least 4 members (excludes halogenated alkanes) is 3. The summed E-state index contributed by atoms with van der Waals surface area (Å²) in [5.41, 5.74) is 0. The number of rotatable bonds is 10. The molecule has 0 aliphatic heterocycles.